The second-order valence-corrected chi connectivity index (χ2v) is 6.70. The number of hydrogen-bond acceptors (Lipinski definition) is 4. The highest BCUT2D eigenvalue weighted by atomic mass is 16.2. The summed E-state index contributed by atoms with van der Waals surface area (Å²) in [6, 6.07) is 21.7. The van der Waals surface area contributed by atoms with Crippen LogP contribution in [0.1, 0.15) is 16.5 Å². The number of amides is 1. The Morgan fingerprint density at radius 3 is 2.56 bits per heavy atom. The number of carbonyl (C=O) groups is 1. The zero-order valence-corrected chi connectivity index (χ0v) is 14.6. The lowest BCUT2D eigenvalue weighted by molar-refractivity contribution is 0.0493. The first-order valence-corrected chi connectivity index (χ1v) is 8.90. The van der Waals surface area contributed by atoms with Crippen molar-refractivity contribution in [1.82, 2.24) is 24.9 Å². The molecule has 2 aromatic heterocycles. The van der Waals surface area contributed by atoms with E-state index in [0.29, 0.717) is 18.8 Å². The molecule has 132 valence electrons. The van der Waals surface area contributed by atoms with Gasteiger partial charge >= 0.3 is 0 Å². The molecule has 1 fully saturated rings. The summed E-state index contributed by atoms with van der Waals surface area (Å²) >= 11 is 0. The van der Waals surface area contributed by atoms with Crippen molar-refractivity contribution in [2.75, 3.05) is 13.1 Å². The van der Waals surface area contributed by atoms with E-state index in [1.165, 1.54) is 0 Å². The molecule has 0 unspecified atom stereocenters. The summed E-state index contributed by atoms with van der Waals surface area (Å²) in [5, 5.41) is 9.52. The van der Waals surface area contributed by atoms with Crippen LogP contribution >= 0.6 is 0 Å². The second kappa shape index (κ2) is 6.32. The van der Waals surface area contributed by atoms with Crippen LogP contribution in [0, 0.1) is 0 Å². The molecule has 5 rings (SSSR count). The molecule has 1 aliphatic heterocycles. The van der Waals surface area contributed by atoms with Gasteiger partial charge in [0.15, 0.2) is 0 Å². The topological polar surface area (TPSA) is 63.9 Å². The fourth-order valence-electron chi connectivity index (χ4n) is 3.33. The molecule has 1 saturated heterocycles. The third-order valence-electron chi connectivity index (χ3n) is 4.92. The zero-order chi connectivity index (χ0) is 18.2. The molecule has 6 heteroatoms. The van der Waals surface area contributed by atoms with Crippen molar-refractivity contribution in [2.24, 2.45) is 0 Å². The van der Waals surface area contributed by atoms with Crippen molar-refractivity contribution in [3.63, 3.8) is 0 Å². The van der Waals surface area contributed by atoms with E-state index in [1.54, 1.807) is 11.0 Å². The average Bonchev–Trinajstić information content (AvgIpc) is 3.17. The molecule has 0 N–H and O–H groups in total. The molecule has 0 bridgehead atoms. The number of hydrogen-bond donors (Lipinski definition) is 0. The highest BCUT2D eigenvalue weighted by Gasteiger charge is 2.34. The van der Waals surface area contributed by atoms with Crippen LogP contribution in [0.15, 0.2) is 72.9 Å². The van der Waals surface area contributed by atoms with Gasteiger partial charge in [0.05, 0.1) is 17.8 Å². The Kier molecular flexibility index (Phi) is 3.67. The molecule has 0 radical (unpaired) electrons. The summed E-state index contributed by atoms with van der Waals surface area (Å²) in [4.78, 5) is 19.0. The van der Waals surface area contributed by atoms with E-state index in [9.17, 15) is 4.79 Å². The molecule has 0 atom stereocenters. The van der Waals surface area contributed by atoms with Crippen LogP contribution < -0.4 is 0 Å². The van der Waals surface area contributed by atoms with Gasteiger partial charge in [-0.3, -0.25) is 4.79 Å². The molecular formula is C21H17N5O. The van der Waals surface area contributed by atoms with Crippen LogP contribution in [-0.4, -0.2) is 43.9 Å². The van der Waals surface area contributed by atoms with Crippen molar-refractivity contribution < 1.29 is 4.79 Å². The van der Waals surface area contributed by atoms with Gasteiger partial charge in [-0.2, -0.15) is 0 Å². The Labute approximate surface area is 156 Å². The minimum Gasteiger partial charge on any atom is -0.333 e. The lowest BCUT2D eigenvalue weighted by Gasteiger charge is -2.38. The Morgan fingerprint density at radius 2 is 1.70 bits per heavy atom. The lowest BCUT2D eigenvalue weighted by atomic mass is 10.1. The summed E-state index contributed by atoms with van der Waals surface area (Å²) in [5.41, 5.74) is 3.20. The van der Waals surface area contributed by atoms with Crippen LogP contribution in [0.5, 0.6) is 0 Å². The molecule has 2 aromatic carbocycles. The number of aromatic nitrogens is 4. The predicted molar refractivity (Wildman–Crippen MR) is 102 cm³/mol. The summed E-state index contributed by atoms with van der Waals surface area (Å²) in [7, 11) is 0. The summed E-state index contributed by atoms with van der Waals surface area (Å²) in [6.45, 7) is 1.23. The average molecular weight is 355 g/mol. The van der Waals surface area contributed by atoms with Crippen molar-refractivity contribution >= 4 is 16.8 Å². The van der Waals surface area contributed by atoms with Crippen molar-refractivity contribution in [3.05, 3.63) is 78.6 Å². The molecule has 6 nitrogen and oxygen atoms in total. The van der Waals surface area contributed by atoms with Gasteiger partial charge in [0, 0.05) is 24.0 Å². The van der Waals surface area contributed by atoms with Gasteiger partial charge in [-0.05, 0) is 12.1 Å². The minimum absolute atomic E-state index is 0.0413. The molecule has 4 aromatic rings. The quantitative estimate of drug-likeness (QED) is 0.566. The van der Waals surface area contributed by atoms with Crippen molar-refractivity contribution in [2.45, 2.75) is 6.04 Å². The first kappa shape index (κ1) is 15.7. The first-order chi connectivity index (χ1) is 13.3. The van der Waals surface area contributed by atoms with Crippen LogP contribution in [0.4, 0.5) is 0 Å². The highest BCUT2D eigenvalue weighted by molar-refractivity contribution is 5.95. The third-order valence-corrected chi connectivity index (χ3v) is 4.92. The van der Waals surface area contributed by atoms with E-state index in [1.807, 2.05) is 71.5 Å². The van der Waals surface area contributed by atoms with E-state index in [2.05, 4.69) is 15.3 Å². The summed E-state index contributed by atoms with van der Waals surface area (Å²) in [6.07, 6.45) is 1.94. The minimum atomic E-state index is -0.0413. The molecule has 1 aliphatic rings. The molecular weight excluding hydrogens is 338 g/mol. The smallest absolute Gasteiger partial charge is 0.272 e. The zero-order valence-electron chi connectivity index (χ0n) is 14.6. The van der Waals surface area contributed by atoms with E-state index >= 15 is 0 Å². The molecule has 27 heavy (non-hydrogen) atoms. The van der Waals surface area contributed by atoms with Gasteiger partial charge in [-0.15, -0.1) is 5.10 Å². The number of carbonyl (C=O) groups excluding carboxylic acids is 1. The van der Waals surface area contributed by atoms with E-state index < -0.39 is 0 Å². The van der Waals surface area contributed by atoms with Gasteiger partial charge in [0.1, 0.15) is 11.4 Å². The maximum Gasteiger partial charge on any atom is 0.272 e. The van der Waals surface area contributed by atoms with E-state index in [-0.39, 0.29) is 11.9 Å². The predicted octanol–water partition coefficient (Wildman–Crippen LogP) is 3.19. The van der Waals surface area contributed by atoms with E-state index in [4.69, 9.17) is 0 Å². The molecule has 0 saturated carbocycles. The van der Waals surface area contributed by atoms with Gasteiger partial charge < -0.3 is 4.90 Å². The fourth-order valence-corrected chi connectivity index (χ4v) is 3.33. The first-order valence-electron chi connectivity index (χ1n) is 8.90. The number of pyridine rings is 1. The summed E-state index contributed by atoms with van der Waals surface area (Å²) < 4.78 is 1.85. The van der Waals surface area contributed by atoms with Crippen LogP contribution in [0.3, 0.4) is 0 Å². The Bertz CT molecular complexity index is 1120. The SMILES string of the molecule is O=C(c1ccc2ccccc2n1)N1CC(n2cc(-c3ccccc3)nn2)C1. The van der Waals surface area contributed by atoms with Crippen LogP contribution in [0.25, 0.3) is 22.2 Å². The maximum atomic E-state index is 12.7. The molecule has 3 heterocycles. The van der Waals surface area contributed by atoms with Gasteiger partial charge in [0.25, 0.3) is 5.91 Å². The maximum absolute atomic E-state index is 12.7. The molecule has 0 spiro atoms. The second-order valence-electron chi connectivity index (χ2n) is 6.70. The monoisotopic (exact) mass is 355 g/mol. The van der Waals surface area contributed by atoms with Crippen molar-refractivity contribution in [1.29, 1.82) is 0 Å². The van der Waals surface area contributed by atoms with Gasteiger partial charge in [-0.25, -0.2) is 9.67 Å². The van der Waals surface area contributed by atoms with Gasteiger partial charge in [0.2, 0.25) is 0 Å². The number of fused-ring (bicyclic) bond motifs is 1. The van der Waals surface area contributed by atoms with E-state index in [0.717, 1.165) is 22.2 Å². The van der Waals surface area contributed by atoms with Crippen LogP contribution in [0.2, 0.25) is 0 Å². The molecule has 0 aliphatic carbocycles. The normalized spacial score (nSPS) is 14.3. The van der Waals surface area contributed by atoms with Crippen LogP contribution in [-0.2, 0) is 0 Å². The Hall–Kier alpha value is -3.54. The number of para-hydroxylation sites is 1. The molecule has 1 amide bonds. The van der Waals surface area contributed by atoms with Crippen molar-refractivity contribution in [3.8, 4) is 11.3 Å². The highest BCUT2D eigenvalue weighted by Crippen LogP contribution is 2.25. The number of benzene rings is 2. The number of likely N-dealkylation sites (tertiary alicyclic amines) is 1. The summed E-state index contributed by atoms with van der Waals surface area (Å²) in [5.74, 6) is -0.0413. The largest absolute Gasteiger partial charge is 0.333 e. The number of rotatable bonds is 3. The number of nitrogens with zero attached hydrogens (tertiary/aromatic N) is 5. The third kappa shape index (κ3) is 2.85. The van der Waals surface area contributed by atoms with Gasteiger partial charge in [-0.1, -0.05) is 59.8 Å². The Morgan fingerprint density at radius 1 is 0.926 bits per heavy atom. The fraction of sp³-hybridized carbons (Fsp3) is 0.143. The lowest BCUT2D eigenvalue weighted by Crippen LogP contribution is -2.51. The standard InChI is InChI=1S/C21H17N5O/c27-21(19-11-10-16-8-4-5-9-18(16)22-19)25-12-17(13-25)26-14-20(23-24-26)15-6-2-1-3-7-15/h1-11,14,17H,12-13H2. The Balaban J connectivity index is 1.29.